The van der Waals surface area contributed by atoms with E-state index in [9.17, 15) is 14.9 Å². The number of H-pyrrole nitrogens is 1. The number of rotatable bonds is 4. The zero-order chi connectivity index (χ0) is 18.8. The first-order valence-electron chi connectivity index (χ1n) is 7.99. The van der Waals surface area contributed by atoms with Crippen molar-refractivity contribution >= 4 is 34.0 Å². The number of allylic oxidation sites excluding steroid dienone is 1. The van der Waals surface area contributed by atoms with Crippen LogP contribution in [0.2, 0.25) is 0 Å². The lowest BCUT2D eigenvalue weighted by molar-refractivity contribution is -0.422. The summed E-state index contributed by atoms with van der Waals surface area (Å²) < 4.78 is 9.95. The molecule has 134 valence electrons. The number of ether oxygens (including phenoxy) is 2. The third kappa shape index (κ3) is 3.08. The number of aromatic amines is 1. The number of carbonyl (C=O) groups is 1. The molecule has 26 heavy (non-hydrogen) atoms. The van der Waals surface area contributed by atoms with Gasteiger partial charge < -0.3 is 14.5 Å². The molecule has 0 aliphatic heterocycles. The van der Waals surface area contributed by atoms with Gasteiger partial charge in [-0.2, -0.15) is 0 Å². The van der Waals surface area contributed by atoms with Gasteiger partial charge in [-0.25, -0.2) is 9.78 Å². The minimum absolute atomic E-state index is 0.0292. The zero-order valence-corrected chi connectivity index (χ0v) is 14.5. The Labute approximate surface area is 148 Å². The summed E-state index contributed by atoms with van der Waals surface area (Å²) in [6, 6.07) is 5.49. The highest BCUT2D eigenvalue weighted by Gasteiger charge is 2.17. The van der Waals surface area contributed by atoms with Crippen LogP contribution in [0.1, 0.15) is 25.0 Å². The first-order chi connectivity index (χ1) is 12.4. The highest BCUT2D eigenvalue weighted by atomic mass is 16.7. The molecule has 0 radical (unpaired) electrons. The number of benzene rings is 1. The largest absolute Gasteiger partial charge is 0.515 e. The molecule has 3 aromatic rings. The molecule has 1 aromatic carbocycles. The Bertz CT molecular complexity index is 1050. The van der Waals surface area contributed by atoms with E-state index in [-0.39, 0.29) is 18.2 Å². The lowest BCUT2D eigenvalue weighted by Crippen LogP contribution is -2.11. The number of nitrogens with zero attached hydrogens (tertiary/aromatic N) is 2. The molecule has 0 aliphatic rings. The quantitative estimate of drug-likeness (QED) is 0.427. The van der Waals surface area contributed by atoms with E-state index in [2.05, 4.69) is 9.97 Å². The van der Waals surface area contributed by atoms with Gasteiger partial charge in [-0.05, 0) is 25.5 Å². The monoisotopic (exact) mass is 355 g/mol. The average Bonchev–Trinajstić information content (AvgIpc) is 2.98. The molecule has 0 saturated carbocycles. The lowest BCUT2D eigenvalue weighted by atomic mass is 10.0. The number of hydrogen-bond donors (Lipinski definition) is 1. The maximum absolute atomic E-state index is 11.6. The van der Waals surface area contributed by atoms with Gasteiger partial charge in [0.05, 0.1) is 23.2 Å². The molecule has 2 aromatic heterocycles. The highest BCUT2D eigenvalue weighted by molar-refractivity contribution is 6.12. The fourth-order valence-electron chi connectivity index (χ4n) is 2.84. The Morgan fingerprint density at radius 1 is 1.35 bits per heavy atom. The summed E-state index contributed by atoms with van der Waals surface area (Å²) in [5.41, 5.74) is 2.92. The van der Waals surface area contributed by atoms with Crippen LogP contribution < -0.4 is 4.74 Å². The van der Waals surface area contributed by atoms with Gasteiger partial charge in [-0.1, -0.05) is 12.1 Å². The molecule has 0 spiro atoms. The standard InChI is InChI=1S/C18H17N3O5/c1-4-25-18(22)26-17-11(3)15-14(9-19-17)20-13-7-5-6-12(16(13)15)8-10(2)21(23)24/h5-9,20H,4H2,1-3H3. The third-order valence-electron chi connectivity index (χ3n) is 3.99. The van der Waals surface area contributed by atoms with E-state index >= 15 is 0 Å². The summed E-state index contributed by atoms with van der Waals surface area (Å²) in [6.45, 7) is 5.10. The van der Waals surface area contributed by atoms with Gasteiger partial charge in [0, 0.05) is 34.9 Å². The maximum atomic E-state index is 11.6. The average molecular weight is 355 g/mol. The third-order valence-corrected chi connectivity index (χ3v) is 3.99. The predicted octanol–water partition coefficient (Wildman–Crippen LogP) is 4.20. The van der Waals surface area contributed by atoms with Crippen LogP contribution in [0.15, 0.2) is 30.1 Å². The second-order valence-corrected chi connectivity index (χ2v) is 5.70. The molecule has 0 aliphatic carbocycles. The first-order valence-corrected chi connectivity index (χ1v) is 7.99. The maximum Gasteiger partial charge on any atom is 0.515 e. The highest BCUT2D eigenvalue weighted by Crippen LogP contribution is 2.34. The van der Waals surface area contributed by atoms with Crippen LogP contribution in [-0.4, -0.2) is 27.7 Å². The summed E-state index contributed by atoms with van der Waals surface area (Å²) in [4.78, 5) is 29.6. The smallest absolute Gasteiger partial charge is 0.434 e. The summed E-state index contributed by atoms with van der Waals surface area (Å²) in [5.74, 6) is 0.140. The molecule has 0 bridgehead atoms. The molecule has 0 atom stereocenters. The Balaban J connectivity index is 2.23. The number of aromatic nitrogens is 2. The van der Waals surface area contributed by atoms with Gasteiger partial charge in [0.1, 0.15) is 0 Å². The Morgan fingerprint density at radius 2 is 2.12 bits per heavy atom. The van der Waals surface area contributed by atoms with Crippen molar-refractivity contribution in [3.63, 3.8) is 0 Å². The Morgan fingerprint density at radius 3 is 2.81 bits per heavy atom. The molecule has 3 rings (SSSR count). The van der Waals surface area contributed by atoms with E-state index in [1.54, 1.807) is 26.1 Å². The predicted molar refractivity (Wildman–Crippen MR) is 96.6 cm³/mol. The van der Waals surface area contributed by atoms with Gasteiger partial charge in [0.2, 0.25) is 11.6 Å². The molecule has 8 heteroatoms. The van der Waals surface area contributed by atoms with E-state index in [1.807, 2.05) is 12.1 Å². The summed E-state index contributed by atoms with van der Waals surface area (Å²) in [6.07, 6.45) is 2.25. The molecule has 0 unspecified atom stereocenters. The molecule has 0 amide bonds. The summed E-state index contributed by atoms with van der Waals surface area (Å²) in [5, 5.41) is 12.6. The van der Waals surface area contributed by atoms with Crippen molar-refractivity contribution in [3.05, 3.63) is 51.3 Å². The zero-order valence-electron chi connectivity index (χ0n) is 14.5. The molecule has 8 nitrogen and oxygen atoms in total. The summed E-state index contributed by atoms with van der Waals surface area (Å²) >= 11 is 0. The first kappa shape index (κ1) is 17.4. The van der Waals surface area contributed by atoms with Crippen LogP contribution in [0, 0.1) is 17.0 Å². The van der Waals surface area contributed by atoms with Gasteiger partial charge >= 0.3 is 6.16 Å². The second-order valence-electron chi connectivity index (χ2n) is 5.70. The van der Waals surface area contributed by atoms with E-state index in [1.165, 1.54) is 13.0 Å². The summed E-state index contributed by atoms with van der Waals surface area (Å²) in [7, 11) is 0. The van der Waals surface area contributed by atoms with Crippen molar-refractivity contribution in [1.82, 2.24) is 9.97 Å². The number of fused-ring (bicyclic) bond motifs is 3. The lowest BCUT2D eigenvalue weighted by Gasteiger charge is -2.07. The second kappa shape index (κ2) is 6.83. The molecular formula is C18H17N3O5. The number of nitrogens with one attached hydrogen (secondary N) is 1. The van der Waals surface area contributed by atoms with Crippen molar-refractivity contribution in [1.29, 1.82) is 0 Å². The van der Waals surface area contributed by atoms with Crippen LogP contribution >= 0.6 is 0 Å². The van der Waals surface area contributed by atoms with Crippen LogP contribution in [-0.2, 0) is 4.74 Å². The Hall–Kier alpha value is -3.42. The Kier molecular flexibility index (Phi) is 4.57. The molecule has 0 fully saturated rings. The van der Waals surface area contributed by atoms with Gasteiger partial charge in [0.25, 0.3) is 0 Å². The number of hydrogen-bond acceptors (Lipinski definition) is 6. The minimum atomic E-state index is -0.827. The van der Waals surface area contributed by atoms with Crippen LogP contribution in [0.25, 0.3) is 27.9 Å². The van der Waals surface area contributed by atoms with E-state index in [0.29, 0.717) is 11.1 Å². The topological polar surface area (TPSA) is 107 Å². The van der Waals surface area contributed by atoms with Gasteiger partial charge in [-0.15, -0.1) is 0 Å². The van der Waals surface area contributed by atoms with E-state index in [0.717, 1.165) is 21.8 Å². The minimum Gasteiger partial charge on any atom is -0.434 e. The number of carbonyl (C=O) groups excluding carboxylic acids is 1. The van der Waals surface area contributed by atoms with Crippen LogP contribution in [0.3, 0.4) is 0 Å². The molecule has 0 saturated heterocycles. The van der Waals surface area contributed by atoms with E-state index in [4.69, 9.17) is 9.47 Å². The van der Waals surface area contributed by atoms with Crippen LogP contribution in [0.4, 0.5) is 4.79 Å². The number of aryl methyl sites for hydroxylation is 1. The van der Waals surface area contributed by atoms with Gasteiger partial charge in [-0.3, -0.25) is 10.1 Å². The number of nitro groups is 1. The molecule has 1 N–H and O–H groups in total. The van der Waals surface area contributed by atoms with Crippen LogP contribution in [0.5, 0.6) is 5.88 Å². The van der Waals surface area contributed by atoms with Crippen molar-refractivity contribution in [2.24, 2.45) is 0 Å². The normalized spacial score (nSPS) is 11.7. The van der Waals surface area contributed by atoms with Gasteiger partial charge in [0.15, 0.2) is 0 Å². The van der Waals surface area contributed by atoms with E-state index < -0.39 is 11.1 Å². The fourth-order valence-corrected chi connectivity index (χ4v) is 2.84. The fraction of sp³-hybridized carbons (Fsp3) is 0.222. The number of pyridine rings is 1. The molecule has 2 heterocycles. The molecular weight excluding hydrogens is 338 g/mol. The van der Waals surface area contributed by atoms with Crippen molar-refractivity contribution in [2.75, 3.05) is 6.61 Å². The van der Waals surface area contributed by atoms with Crippen molar-refractivity contribution in [2.45, 2.75) is 20.8 Å². The SMILES string of the molecule is CCOC(=O)Oc1ncc2[nH]c3cccc(C=C(C)[N+](=O)[O-])c3c2c1C. The van der Waals surface area contributed by atoms with Crippen molar-refractivity contribution < 1.29 is 19.2 Å². The van der Waals surface area contributed by atoms with Crippen molar-refractivity contribution in [3.8, 4) is 5.88 Å².